The molecule has 1 aromatic heterocycles. The van der Waals surface area contributed by atoms with Gasteiger partial charge in [0, 0.05) is 16.7 Å². The Hall–Kier alpha value is -3.61. The molecule has 1 aliphatic heterocycles. The van der Waals surface area contributed by atoms with Crippen molar-refractivity contribution < 1.29 is 14.6 Å². The van der Waals surface area contributed by atoms with Crippen molar-refractivity contribution in [3.05, 3.63) is 78.4 Å². The van der Waals surface area contributed by atoms with Crippen LogP contribution in [0.1, 0.15) is 31.2 Å². The number of rotatable bonds is 5. The first-order valence-corrected chi connectivity index (χ1v) is 12.6. The van der Waals surface area contributed by atoms with Gasteiger partial charge in [-0.25, -0.2) is 4.98 Å². The Labute approximate surface area is 210 Å². The molecule has 7 rings (SSSR count). The number of para-hydroxylation sites is 1. The molecular weight excluding hydrogens is 450 g/mol. The summed E-state index contributed by atoms with van der Waals surface area (Å²) in [6.07, 6.45) is 3.51. The van der Waals surface area contributed by atoms with Crippen LogP contribution in [0.25, 0.3) is 33.9 Å². The van der Waals surface area contributed by atoms with Gasteiger partial charge in [-0.2, -0.15) is 0 Å². The summed E-state index contributed by atoms with van der Waals surface area (Å²) in [5.74, 6) is 2.71. The molecule has 4 aromatic rings. The first-order chi connectivity index (χ1) is 17.5. The van der Waals surface area contributed by atoms with E-state index in [0.717, 1.165) is 58.1 Å². The van der Waals surface area contributed by atoms with E-state index in [0.29, 0.717) is 31.2 Å². The van der Waals surface area contributed by atoms with Crippen LogP contribution >= 0.6 is 0 Å². The van der Waals surface area contributed by atoms with Gasteiger partial charge in [-0.1, -0.05) is 60.7 Å². The predicted octanol–water partition coefficient (Wildman–Crippen LogP) is 5.33. The summed E-state index contributed by atoms with van der Waals surface area (Å²) in [6.45, 7) is 0.351. The molecule has 0 spiro atoms. The first-order valence-electron chi connectivity index (χ1n) is 12.6. The molecule has 0 atom stereocenters. The van der Waals surface area contributed by atoms with E-state index in [1.165, 1.54) is 0 Å². The molecule has 2 fully saturated rings. The number of nitrogens with zero attached hydrogens (tertiary/aromatic N) is 2. The highest BCUT2D eigenvalue weighted by molar-refractivity contribution is 5.84. The van der Waals surface area contributed by atoms with E-state index in [2.05, 4.69) is 41.0 Å². The molecule has 3 N–H and O–H groups in total. The third-order valence-corrected chi connectivity index (χ3v) is 8.11. The lowest BCUT2D eigenvalue weighted by Gasteiger charge is -2.52. The van der Waals surface area contributed by atoms with E-state index >= 15 is 0 Å². The fourth-order valence-electron chi connectivity index (χ4n) is 6.12. The third kappa shape index (κ3) is 3.21. The van der Waals surface area contributed by atoms with Crippen LogP contribution in [0.5, 0.6) is 11.5 Å². The molecule has 3 aromatic carbocycles. The van der Waals surface area contributed by atoms with Crippen molar-refractivity contribution in [2.24, 2.45) is 11.7 Å². The van der Waals surface area contributed by atoms with Crippen molar-refractivity contribution in [3.8, 4) is 45.4 Å². The highest BCUT2D eigenvalue weighted by Crippen LogP contribution is 2.57. The van der Waals surface area contributed by atoms with Gasteiger partial charge < -0.3 is 20.3 Å². The average Bonchev–Trinajstić information content (AvgIpc) is 3.68. The zero-order valence-electron chi connectivity index (χ0n) is 20.3. The molecule has 6 nitrogen and oxygen atoms in total. The molecule has 182 valence electrons. The van der Waals surface area contributed by atoms with Crippen molar-refractivity contribution in [1.82, 2.24) is 9.55 Å². The quantitative estimate of drug-likeness (QED) is 0.404. The van der Waals surface area contributed by atoms with Crippen LogP contribution in [0.15, 0.2) is 72.8 Å². The molecule has 6 heteroatoms. The second kappa shape index (κ2) is 7.69. The number of aliphatic hydroxyl groups is 1. The summed E-state index contributed by atoms with van der Waals surface area (Å²) in [5.41, 5.74) is 11.7. The Balaban J connectivity index is 1.31. The summed E-state index contributed by atoms with van der Waals surface area (Å²) in [6, 6.07) is 24.6. The zero-order valence-corrected chi connectivity index (χ0v) is 20.3. The van der Waals surface area contributed by atoms with Crippen LogP contribution in [0.2, 0.25) is 0 Å². The maximum atomic E-state index is 10.8. The van der Waals surface area contributed by atoms with Gasteiger partial charge >= 0.3 is 0 Å². The van der Waals surface area contributed by atoms with Crippen LogP contribution < -0.4 is 15.2 Å². The Bertz CT molecular complexity index is 1450. The minimum atomic E-state index is -0.578. The lowest BCUT2D eigenvalue weighted by Crippen LogP contribution is -2.60. The summed E-state index contributed by atoms with van der Waals surface area (Å²) in [7, 11) is 1.65. The number of methoxy groups -OCH3 is 1. The van der Waals surface area contributed by atoms with Crippen LogP contribution in [-0.4, -0.2) is 27.4 Å². The summed E-state index contributed by atoms with van der Waals surface area (Å²) < 4.78 is 13.8. The highest BCUT2D eigenvalue weighted by Gasteiger charge is 2.58. The average molecular weight is 480 g/mol. The smallest absolute Gasteiger partial charge is 0.174 e. The van der Waals surface area contributed by atoms with Gasteiger partial charge in [0.1, 0.15) is 5.82 Å². The molecule has 0 bridgehead atoms. The van der Waals surface area contributed by atoms with Gasteiger partial charge in [-0.05, 0) is 49.3 Å². The number of nitrogens with two attached hydrogens (primary N) is 1. The second-order valence-corrected chi connectivity index (χ2v) is 10.5. The fourth-order valence-corrected chi connectivity index (χ4v) is 6.12. The van der Waals surface area contributed by atoms with E-state index < -0.39 is 11.1 Å². The van der Waals surface area contributed by atoms with Gasteiger partial charge in [0.25, 0.3) is 0 Å². The largest absolute Gasteiger partial charge is 0.493 e. The summed E-state index contributed by atoms with van der Waals surface area (Å²) in [5, 5.41) is 10.8. The van der Waals surface area contributed by atoms with Crippen molar-refractivity contribution in [2.75, 3.05) is 7.11 Å². The number of hydrogen-bond acceptors (Lipinski definition) is 5. The minimum absolute atomic E-state index is 0.351. The lowest BCUT2D eigenvalue weighted by molar-refractivity contribution is -0.106. The number of ether oxygens (including phenoxy) is 2. The van der Waals surface area contributed by atoms with Crippen molar-refractivity contribution in [3.63, 3.8) is 0 Å². The van der Waals surface area contributed by atoms with Gasteiger partial charge in [0.05, 0.1) is 29.7 Å². The maximum absolute atomic E-state index is 10.8. The maximum Gasteiger partial charge on any atom is 0.174 e. The number of imidazole rings is 1. The van der Waals surface area contributed by atoms with Crippen LogP contribution in [-0.2, 0) is 12.3 Å². The molecule has 36 heavy (non-hydrogen) atoms. The van der Waals surface area contributed by atoms with Gasteiger partial charge in [0.2, 0.25) is 0 Å². The van der Waals surface area contributed by atoms with E-state index in [4.69, 9.17) is 20.2 Å². The molecular formula is C30H29N3O3. The Kier molecular flexibility index (Phi) is 4.63. The Morgan fingerprint density at radius 1 is 0.972 bits per heavy atom. The van der Waals surface area contributed by atoms with E-state index in [9.17, 15) is 5.11 Å². The number of aromatic nitrogens is 2. The highest BCUT2D eigenvalue weighted by atomic mass is 16.5. The first kappa shape index (κ1) is 21.7. The molecule has 2 heterocycles. The van der Waals surface area contributed by atoms with Crippen LogP contribution in [0.3, 0.4) is 0 Å². The van der Waals surface area contributed by atoms with Crippen LogP contribution in [0.4, 0.5) is 0 Å². The van der Waals surface area contributed by atoms with E-state index in [1.54, 1.807) is 7.11 Å². The van der Waals surface area contributed by atoms with Gasteiger partial charge in [-0.3, -0.25) is 4.57 Å². The Morgan fingerprint density at radius 3 is 2.42 bits per heavy atom. The van der Waals surface area contributed by atoms with Crippen molar-refractivity contribution in [1.29, 1.82) is 0 Å². The number of benzene rings is 3. The third-order valence-electron chi connectivity index (χ3n) is 8.11. The monoisotopic (exact) mass is 479 g/mol. The number of fused-ring (bicyclic) bond motifs is 3. The molecule has 0 amide bonds. The Morgan fingerprint density at radius 2 is 1.72 bits per heavy atom. The van der Waals surface area contributed by atoms with Gasteiger partial charge in [-0.15, -0.1) is 0 Å². The molecule has 2 aliphatic carbocycles. The normalized spacial score (nSPS) is 24.3. The summed E-state index contributed by atoms with van der Waals surface area (Å²) >= 11 is 0. The summed E-state index contributed by atoms with van der Waals surface area (Å²) in [4.78, 5) is 5.15. The standard InChI is InChI=1S/C30H29N3O3/c1-35-24-9-5-8-23-27(24)36-18-33-26(20-6-3-2-4-7-20)25(32-28(23)33)19-10-12-21(13-11-19)29(31)16-30(34,17-29)22-14-15-22/h2-13,22,34H,14-18,31H2,1H3/t29-,30-. The minimum Gasteiger partial charge on any atom is -0.493 e. The predicted molar refractivity (Wildman–Crippen MR) is 138 cm³/mol. The topological polar surface area (TPSA) is 82.5 Å². The van der Waals surface area contributed by atoms with Gasteiger partial charge in [0.15, 0.2) is 18.2 Å². The SMILES string of the molecule is COc1cccc2c1OCn1c-2nc(-c2ccc([C@]3(N)C[C@@](O)(C4CC4)C3)cc2)c1-c1ccccc1. The second-order valence-electron chi connectivity index (χ2n) is 10.5. The lowest BCUT2D eigenvalue weighted by atomic mass is 9.60. The van der Waals surface area contributed by atoms with Crippen LogP contribution in [0, 0.1) is 5.92 Å². The van der Waals surface area contributed by atoms with E-state index in [1.807, 2.05) is 36.4 Å². The number of hydrogen-bond donors (Lipinski definition) is 2. The zero-order chi connectivity index (χ0) is 24.5. The molecule has 0 saturated heterocycles. The fraction of sp³-hybridized carbons (Fsp3) is 0.300. The van der Waals surface area contributed by atoms with Crippen molar-refractivity contribution >= 4 is 0 Å². The van der Waals surface area contributed by atoms with E-state index in [-0.39, 0.29) is 0 Å². The molecule has 0 unspecified atom stereocenters. The molecule has 2 saturated carbocycles. The van der Waals surface area contributed by atoms with Crippen molar-refractivity contribution in [2.45, 2.75) is 43.6 Å². The molecule has 0 radical (unpaired) electrons. The molecule has 3 aliphatic rings.